The third-order valence-corrected chi connectivity index (χ3v) is 6.36. The Bertz CT molecular complexity index is 1110. The van der Waals surface area contributed by atoms with E-state index in [1.807, 2.05) is 18.2 Å². The molecule has 0 amide bonds. The van der Waals surface area contributed by atoms with Crippen LogP contribution in [0.15, 0.2) is 42.7 Å². The molecular formula is C24H28F2N6O. The molecule has 0 spiro atoms. The van der Waals surface area contributed by atoms with Gasteiger partial charge < -0.3 is 20.3 Å². The standard InChI is InChI=1S/C24H28F2N6O/c1-16-15-32(10-11-33-16)19-4-2-17(3-5-19)20-12-21-22(29-9-8-28-21)23(31-20)30-14-18-13-27-7-6-24(18,25)26/h2-5,8-9,12,16,18,27H,6-7,10-11,13-15H2,1H3,(H,30,31)/t16-,18+/m0/s1. The molecule has 2 N–H and O–H groups in total. The molecule has 5 rings (SSSR count). The first-order valence-electron chi connectivity index (χ1n) is 11.4. The number of ether oxygens (including phenoxy) is 1. The van der Waals surface area contributed by atoms with Crippen LogP contribution in [-0.2, 0) is 4.74 Å². The second-order valence-electron chi connectivity index (χ2n) is 8.75. The van der Waals surface area contributed by atoms with Crippen LogP contribution in [0.2, 0.25) is 0 Å². The highest BCUT2D eigenvalue weighted by molar-refractivity contribution is 5.88. The van der Waals surface area contributed by atoms with Crippen LogP contribution in [-0.4, -0.2) is 66.3 Å². The average molecular weight is 455 g/mol. The first kappa shape index (κ1) is 21.9. The number of fused-ring (bicyclic) bond motifs is 1. The summed E-state index contributed by atoms with van der Waals surface area (Å²) < 4.78 is 34.2. The maximum Gasteiger partial charge on any atom is 0.255 e. The highest BCUT2D eigenvalue weighted by Crippen LogP contribution is 2.32. The topological polar surface area (TPSA) is 75.2 Å². The minimum Gasteiger partial charge on any atom is -0.375 e. The van der Waals surface area contributed by atoms with E-state index in [-0.39, 0.29) is 25.6 Å². The molecule has 0 radical (unpaired) electrons. The predicted octanol–water partition coefficient (Wildman–Crippen LogP) is 3.57. The maximum atomic E-state index is 14.3. The number of halogens is 2. The summed E-state index contributed by atoms with van der Waals surface area (Å²) in [7, 11) is 0. The minimum absolute atomic E-state index is 0.107. The summed E-state index contributed by atoms with van der Waals surface area (Å²) in [5.41, 5.74) is 4.04. The van der Waals surface area contributed by atoms with Gasteiger partial charge in [-0.25, -0.2) is 18.7 Å². The quantitative estimate of drug-likeness (QED) is 0.610. The fourth-order valence-corrected chi connectivity index (χ4v) is 4.47. The van der Waals surface area contributed by atoms with Crippen LogP contribution in [0.4, 0.5) is 20.3 Å². The maximum absolute atomic E-state index is 14.3. The predicted molar refractivity (Wildman–Crippen MR) is 125 cm³/mol. The molecular weight excluding hydrogens is 426 g/mol. The number of alkyl halides is 2. The zero-order chi connectivity index (χ0) is 22.8. The van der Waals surface area contributed by atoms with Crippen molar-refractivity contribution in [2.45, 2.75) is 25.4 Å². The van der Waals surface area contributed by atoms with Gasteiger partial charge >= 0.3 is 0 Å². The Morgan fingerprint density at radius 1 is 1.21 bits per heavy atom. The lowest BCUT2D eigenvalue weighted by atomic mass is 9.95. The van der Waals surface area contributed by atoms with Crippen molar-refractivity contribution in [3.05, 3.63) is 42.7 Å². The molecule has 3 aromatic rings. The van der Waals surface area contributed by atoms with E-state index in [4.69, 9.17) is 9.72 Å². The van der Waals surface area contributed by atoms with E-state index in [9.17, 15) is 8.78 Å². The van der Waals surface area contributed by atoms with Gasteiger partial charge in [0.15, 0.2) is 5.82 Å². The zero-order valence-corrected chi connectivity index (χ0v) is 18.6. The second kappa shape index (κ2) is 9.15. The van der Waals surface area contributed by atoms with E-state index in [2.05, 4.69) is 44.6 Å². The molecule has 2 atom stereocenters. The number of nitrogens with zero attached hydrogens (tertiary/aromatic N) is 4. The molecule has 33 heavy (non-hydrogen) atoms. The van der Waals surface area contributed by atoms with Crippen molar-refractivity contribution < 1.29 is 13.5 Å². The monoisotopic (exact) mass is 454 g/mol. The Morgan fingerprint density at radius 2 is 2.03 bits per heavy atom. The summed E-state index contributed by atoms with van der Waals surface area (Å²) in [6.45, 7) is 5.24. The van der Waals surface area contributed by atoms with Crippen LogP contribution in [0.1, 0.15) is 13.3 Å². The summed E-state index contributed by atoms with van der Waals surface area (Å²) >= 11 is 0. The lowest BCUT2D eigenvalue weighted by Crippen LogP contribution is -2.47. The Morgan fingerprint density at radius 3 is 2.82 bits per heavy atom. The molecule has 0 unspecified atom stereocenters. The van der Waals surface area contributed by atoms with Crippen molar-refractivity contribution in [3.63, 3.8) is 0 Å². The molecule has 2 saturated heterocycles. The fraction of sp³-hybridized carbons (Fsp3) is 0.458. The number of pyridine rings is 1. The fourth-order valence-electron chi connectivity index (χ4n) is 4.47. The van der Waals surface area contributed by atoms with Crippen LogP contribution in [0.5, 0.6) is 0 Å². The Kier molecular flexibility index (Phi) is 6.07. The number of hydrogen-bond acceptors (Lipinski definition) is 7. The number of aromatic nitrogens is 3. The first-order valence-corrected chi connectivity index (χ1v) is 11.4. The number of morpholine rings is 1. The lowest BCUT2D eigenvalue weighted by Gasteiger charge is -2.33. The summed E-state index contributed by atoms with van der Waals surface area (Å²) in [6.07, 6.45) is 3.27. The summed E-state index contributed by atoms with van der Waals surface area (Å²) in [4.78, 5) is 15.9. The molecule has 1 aromatic carbocycles. The van der Waals surface area contributed by atoms with Crippen LogP contribution < -0.4 is 15.5 Å². The highest BCUT2D eigenvalue weighted by Gasteiger charge is 2.41. The van der Waals surface area contributed by atoms with E-state index in [1.165, 1.54) is 0 Å². The van der Waals surface area contributed by atoms with Crippen molar-refractivity contribution >= 4 is 22.5 Å². The lowest BCUT2D eigenvalue weighted by molar-refractivity contribution is -0.0728. The van der Waals surface area contributed by atoms with Gasteiger partial charge in [-0.05, 0) is 25.1 Å². The van der Waals surface area contributed by atoms with Crippen LogP contribution in [0, 0.1) is 5.92 Å². The number of hydrogen-bond donors (Lipinski definition) is 2. The third kappa shape index (κ3) is 4.74. The van der Waals surface area contributed by atoms with Crippen molar-refractivity contribution in [2.24, 2.45) is 5.92 Å². The number of benzene rings is 1. The van der Waals surface area contributed by atoms with E-state index in [0.29, 0.717) is 23.4 Å². The van der Waals surface area contributed by atoms with Gasteiger partial charge in [-0.15, -0.1) is 0 Å². The number of piperidine rings is 1. The SMILES string of the molecule is C[C@H]1CN(c2ccc(-c3cc4nccnc4c(NC[C@H]4CNCCC4(F)F)n3)cc2)CCO1. The Labute approximate surface area is 191 Å². The van der Waals surface area contributed by atoms with Gasteiger partial charge in [0, 0.05) is 62.8 Å². The minimum atomic E-state index is -2.70. The Balaban J connectivity index is 1.41. The van der Waals surface area contributed by atoms with E-state index in [1.54, 1.807) is 12.4 Å². The number of rotatable bonds is 5. The molecule has 9 heteroatoms. The highest BCUT2D eigenvalue weighted by atomic mass is 19.3. The van der Waals surface area contributed by atoms with E-state index < -0.39 is 11.8 Å². The molecule has 174 valence electrons. The van der Waals surface area contributed by atoms with E-state index >= 15 is 0 Å². The van der Waals surface area contributed by atoms with Crippen molar-refractivity contribution in [1.29, 1.82) is 0 Å². The second-order valence-corrected chi connectivity index (χ2v) is 8.75. The van der Waals surface area contributed by atoms with Gasteiger partial charge in [0.05, 0.1) is 29.8 Å². The van der Waals surface area contributed by atoms with Crippen molar-refractivity contribution in [2.75, 3.05) is 49.5 Å². The van der Waals surface area contributed by atoms with Gasteiger partial charge in [-0.1, -0.05) is 12.1 Å². The molecule has 0 aliphatic carbocycles. The largest absolute Gasteiger partial charge is 0.375 e. The zero-order valence-electron chi connectivity index (χ0n) is 18.6. The molecule has 2 aliphatic rings. The molecule has 2 aromatic heterocycles. The molecule has 4 heterocycles. The summed E-state index contributed by atoms with van der Waals surface area (Å²) in [6, 6.07) is 10.1. The molecule has 0 bridgehead atoms. The molecule has 2 aliphatic heterocycles. The average Bonchev–Trinajstić information content (AvgIpc) is 2.83. The molecule has 7 nitrogen and oxygen atoms in total. The van der Waals surface area contributed by atoms with Crippen LogP contribution in [0.25, 0.3) is 22.3 Å². The van der Waals surface area contributed by atoms with Crippen LogP contribution >= 0.6 is 0 Å². The van der Waals surface area contributed by atoms with Gasteiger partial charge in [0.1, 0.15) is 5.52 Å². The third-order valence-electron chi connectivity index (χ3n) is 6.36. The van der Waals surface area contributed by atoms with Gasteiger partial charge in [-0.3, -0.25) is 4.98 Å². The number of nitrogens with one attached hydrogen (secondary N) is 2. The number of anilines is 2. The van der Waals surface area contributed by atoms with Gasteiger partial charge in [-0.2, -0.15) is 0 Å². The van der Waals surface area contributed by atoms with Gasteiger partial charge in [0.25, 0.3) is 5.92 Å². The summed E-state index contributed by atoms with van der Waals surface area (Å²) in [5, 5.41) is 6.19. The Hall–Kier alpha value is -2.91. The van der Waals surface area contributed by atoms with Gasteiger partial charge in [0.2, 0.25) is 0 Å². The van der Waals surface area contributed by atoms with Crippen LogP contribution in [0.3, 0.4) is 0 Å². The summed E-state index contributed by atoms with van der Waals surface area (Å²) in [5.74, 6) is -3.04. The van der Waals surface area contributed by atoms with Crippen molar-refractivity contribution in [1.82, 2.24) is 20.3 Å². The molecule has 2 fully saturated rings. The normalized spacial score (nSPS) is 22.9. The molecule has 0 saturated carbocycles. The first-order chi connectivity index (χ1) is 16.0. The van der Waals surface area contributed by atoms with Crippen molar-refractivity contribution in [3.8, 4) is 11.3 Å². The van der Waals surface area contributed by atoms with E-state index in [0.717, 1.165) is 36.6 Å². The smallest absolute Gasteiger partial charge is 0.255 e.